The monoisotopic (exact) mass is 236 g/mol. The molecule has 2 N–H and O–H groups in total. The smallest absolute Gasteiger partial charge is 0.123 e. The Morgan fingerprint density at radius 3 is 2.69 bits per heavy atom. The maximum absolute atomic E-state index is 12.7. The molecular weight excluding hydrogens is 223 g/mol. The number of rotatable bonds is 3. The fourth-order valence-corrected chi connectivity index (χ4v) is 2.38. The predicted octanol–water partition coefficient (Wildman–Crippen LogP) is 2.84. The van der Waals surface area contributed by atoms with E-state index >= 15 is 0 Å². The molecule has 2 nitrogen and oxygen atoms in total. The molecule has 0 bridgehead atoms. The summed E-state index contributed by atoms with van der Waals surface area (Å²) >= 11 is 1.59. The third-order valence-electron chi connectivity index (χ3n) is 2.19. The molecule has 1 aromatic carbocycles. The van der Waals surface area contributed by atoms with Crippen LogP contribution in [0.15, 0.2) is 29.6 Å². The Balaban J connectivity index is 2.21. The van der Waals surface area contributed by atoms with Gasteiger partial charge in [0.1, 0.15) is 5.82 Å². The summed E-state index contributed by atoms with van der Waals surface area (Å²) in [4.78, 5) is 4.47. The number of aromatic nitrogens is 1. The van der Waals surface area contributed by atoms with Gasteiger partial charge in [0.2, 0.25) is 0 Å². The lowest BCUT2D eigenvalue weighted by atomic mass is 10.2. The van der Waals surface area contributed by atoms with Crippen LogP contribution in [0.2, 0.25) is 0 Å². The van der Waals surface area contributed by atoms with Crippen molar-refractivity contribution in [2.75, 3.05) is 0 Å². The van der Waals surface area contributed by atoms with Crippen molar-refractivity contribution in [3.8, 4) is 11.3 Å². The second-order valence-electron chi connectivity index (χ2n) is 3.81. The SMILES string of the molecule is CC(N)Cc1nc(-c2ccc(F)cc2)cs1. The van der Waals surface area contributed by atoms with Gasteiger partial charge >= 0.3 is 0 Å². The highest BCUT2D eigenvalue weighted by atomic mass is 32.1. The summed E-state index contributed by atoms with van der Waals surface area (Å²) in [5.41, 5.74) is 7.54. The van der Waals surface area contributed by atoms with Crippen molar-refractivity contribution in [3.63, 3.8) is 0 Å². The molecule has 1 heterocycles. The van der Waals surface area contributed by atoms with Crippen LogP contribution in [0.1, 0.15) is 11.9 Å². The van der Waals surface area contributed by atoms with Gasteiger partial charge < -0.3 is 5.73 Å². The first-order valence-corrected chi connectivity index (χ1v) is 5.99. The van der Waals surface area contributed by atoms with Crippen molar-refractivity contribution < 1.29 is 4.39 Å². The van der Waals surface area contributed by atoms with Crippen molar-refractivity contribution in [2.45, 2.75) is 19.4 Å². The number of nitrogens with two attached hydrogens (primary N) is 1. The fraction of sp³-hybridized carbons (Fsp3) is 0.250. The third kappa shape index (κ3) is 2.65. The van der Waals surface area contributed by atoms with Gasteiger partial charge in [0.15, 0.2) is 0 Å². The minimum Gasteiger partial charge on any atom is -0.328 e. The van der Waals surface area contributed by atoms with Crippen LogP contribution < -0.4 is 5.73 Å². The Hall–Kier alpha value is -1.26. The van der Waals surface area contributed by atoms with Gasteiger partial charge in [-0.25, -0.2) is 9.37 Å². The summed E-state index contributed by atoms with van der Waals surface area (Å²) in [6, 6.07) is 6.48. The maximum atomic E-state index is 12.7. The average molecular weight is 236 g/mol. The Labute approximate surface area is 97.9 Å². The number of thiazole rings is 1. The van der Waals surface area contributed by atoms with Crippen molar-refractivity contribution >= 4 is 11.3 Å². The zero-order valence-corrected chi connectivity index (χ0v) is 9.80. The summed E-state index contributed by atoms with van der Waals surface area (Å²) in [6.07, 6.45) is 0.784. The summed E-state index contributed by atoms with van der Waals surface area (Å²) < 4.78 is 12.7. The van der Waals surface area contributed by atoms with Gasteiger partial charge in [0.25, 0.3) is 0 Å². The molecule has 0 amide bonds. The van der Waals surface area contributed by atoms with Gasteiger partial charge in [0, 0.05) is 23.4 Å². The molecule has 1 atom stereocenters. The van der Waals surface area contributed by atoms with E-state index in [-0.39, 0.29) is 11.9 Å². The average Bonchev–Trinajstić information content (AvgIpc) is 2.66. The predicted molar refractivity (Wildman–Crippen MR) is 64.9 cm³/mol. The number of nitrogens with zero attached hydrogens (tertiary/aromatic N) is 1. The third-order valence-corrected chi connectivity index (χ3v) is 3.06. The molecule has 0 aliphatic heterocycles. The molecule has 0 radical (unpaired) electrons. The highest BCUT2D eigenvalue weighted by molar-refractivity contribution is 7.09. The molecule has 1 unspecified atom stereocenters. The zero-order valence-electron chi connectivity index (χ0n) is 8.98. The van der Waals surface area contributed by atoms with Gasteiger partial charge in [-0.3, -0.25) is 0 Å². The first-order chi connectivity index (χ1) is 7.65. The number of halogens is 1. The van der Waals surface area contributed by atoms with Gasteiger partial charge in [0.05, 0.1) is 10.7 Å². The van der Waals surface area contributed by atoms with Crippen molar-refractivity contribution in [2.24, 2.45) is 5.73 Å². The van der Waals surface area contributed by atoms with E-state index < -0.39 is 0 Å². The quantitative estimate of drug-likeness (QED) is 0.890. The summed E-state index contributed by atoms with van der Waals surface area (Å²) in [5.74, 6) is -0.227. The van der Waals surface area contributed by atoms with Crippen LogP contribution in [0, 0.1) is 5.82 Å². The van der Waals surface area contributed by atoms with Crippen LogP contribution in [0.25, 0.3) is 11.3 Å². The van der Waals surface area contributed by atoms with E-state index in [0.717, 1.165) is 22.7 Å². The Bertz CT molecular complexity index is 462. The molecule has 16 heavy (non-hydrogen) atoms. The van der Waals surface area contributed by atoms with Crippen LogP contribution in [0.4, 0.5) is 4.39 Å². The topological polar surface area (TPSA) is 38.9 Å². The number of hydrogen-bond acceptors (Lipinski definition) is 3. The van der Waals surface area contributed by atoms with E-state index in [0.29, 0.717) is 0 Å². The zero-order chi connectivity index (χ0) is 11.5. The van der Waals surface area contributed by atoms with E-state index in [2.05, 4.69) is 4.98 Å². The Morgan fingerprint density at radius 1 is 1.38 bits per heavy atom. The highest BCUT2D eigenvalue weighted by Gasteiger charge is 2.06. The lowest BCUT2D eigenvalue weighted by molar-refractivity contribution is 0.628. The van der Waals surface area contributed by atoms with Gasteiger partial charge in [-0.2, -0.15) is 0 Å². The molecule has 0 saturated heterocycles. The van der Waals surface area contributed by atoms with Crippen LogP contribution in [-0.2, 0) is 6.42 Å². The van der Waals surface area contributed by atoms with E-state index in [4.69, 9.17) is 5.73 Å². The highest BCUT2D eigenvalue weighted by Crippen LogP contribution is 2.22. The molecular formula is C12H13FN2S. The van der Waals surface area contributed by atoms with Gasteiger partial charge in [-0.1, -0.05) is 0 Å². The second kappa shape index (κ2) is 4.72. The first-order valence-electron chi connectivity index (χ1n) is 5.11. The molecule has 0 aliphatic rings. The van der Waals surface area contributed by atoms with Crippen molar-refractivity contribution in [1.29, 1.82) is 0 Å². The largest absolute Gasteiger partial charge is 0.328 e. The van der Waals surface area contributed by atoms with E-state index in [1.165, 1.54) is 12.1 Å². The summed E-state index contributed by atoms with van der Waals surface area (Å²) in [6.45, 7) is 1.96. The van der Waals surface area contributed by atoms with Crippen molar-refractivity contribution in [1.82, 2.24) is 4.98 Å². The lowest BCUT2D eigenvalue weighted by Crippen LogP contribution is -2.17. The van der Waals surface area contributed by atoms with E-state index in [9.17, 15) is 4.39 Å². The molecule has 0 spiro atoms. The molecule has 2 aromatic rings. The number of benzene rings is 1. The number of hydrogen-bond donors (Lipinski definition) is 1. The molecule has 1 aromatic heterocycles. The maximum Gasteiger partial charge on any atom is 0.123 e. The minimum atomic E-state index is -0.227. The fourth-order valence-electron chi connectivity index (χ4n) is 1.43. The van der Waals surface area contributed by atoms with Gasteiger partial charge in [-0.05, 0) is 31.2 Å². The molecule has 84 valence electrons. The molecule has 0 aliphatic carbocycles. The molecule has 2 rings (SSSR count). The Kier molecular flexibility index (Phi) is 3.31. The summed E-state index contributed by atoms with van der Waals surface area (Å²) in [7, 11) is 0. The second-order valence-corrected chi connectivity index (χ2v) is 4.76. The minimum absolute atomic E-state index is 0.118. The van der Waals surface area contributed by atoms with Crippen molar-refractivity contribution in [3.05, 3.63) is 40.5 Å². The van der Waals surface area contributed by atoms with E-state index in [1.54, 1.807) is 23.5 Å². The van der Waals surface area contributed by atoms with Crippen LogP contribution in [0.5, 0.6) is 0 Å². The van der Waals surface area contributed by atoms with Crippen LogP contribution in [0.3, 0.4) is 0 Å². The van der Waals surface area contributed by atoms with Crippen LogP contribution in [-0.4, -0.2) is 11.0 Å². The normalized spacial score (nSPS) is 12.7. The molecule has 0 fully saturated rings. The van der Waals surface area contributed by atoms with E-state index in [1.807, 2.05) is 12.3 Å². The molecule has 0 saturated carbocycles. The van der Waals surface area contributed by atoms with Gasteiger partial charge in [-0.15, -0.1) is 11.3 Å². The van der Waals surface area contributed by atoms with Crippen LogP contribution >= 0.6 is 11.3 Å². The standard InChI is InChI=1S/C12H13FN2S/c1-8(14)6-12-15-11(7-16-12)9-2-4-10(13)5-3-9/h2-5,7-8H,6,14H2,1H3. The first kappa shape index (κ1) is 11.2. The lowest BCUT2D eigenvalue weighted by Gasteiger charge is -1.99. The summed E-state index contributed by atoms with van der Waals surface area (Å²) in [5, 5.41) is 3.00. The molecule has 4 heteroatoms. The Morgan fingerprint density at radius 2 is 2.06 bits per heavy atom.